The van der Waals surface area contributed by atoms with Crippen LogP contribution in [0.2, 0.25) is 5.02 Å². The first-order valence-corrected chi connectivity index (χ1v) is 8.46. The molecule has 144 valence electrons. The highest BCUT2D eigenvalue weighted by Gasteiger charge is 2.18. The molecule has 0 unspecified atom stereocenters. The lowest BCUT2D eigenvalue weighted by Crippen LogP contribution is -2.22. The van der Waals surface area contributed by atoms with Gasteiger partial charge in [0.25, 0.3) is 5.91 Å². The van der Waals surface area contributed by atoms with Crippen molar-refractivity contribution in [2.75, 3.05) is 11.9 Å². The van der Waals surface area contributed by atoms with Gasteiger partial charge in [-0.2, -0.15) is 5.10 Å². The summed E-state index contributed by atoms with van der Waals surface area (Å²) in [5, 5.41) is 6.58. The van der Waals surface area contributed by atoms with Crippen molar-refractivity contribution in [1.82, 2.24) is 9.78 Å². The van der Waals surface area contributed by atoms with Gasteiger partial charge in [0.15, 0.2) is 18.2 Å². The molecule has 0 fully saturated rings. The molecule has 0 spiro atoms. The number of amides is 1. The lowest BCUT2D eigenvalue weighted by molar-refractivity contribution is -0.119. The van der Waals surface area contributed by atoms with E-state index in [1.165, 1.54) is 4.68 Å². The largest absolute Gasteiger partial charge is 0.452 e. The van der Waals surface area contributed by atoms with Gasteiger partial charge in [0, 0.05) is 6.07 Å². The molecule has 0 saturated carbocycles. The van der Waals surface area contributed by atoms with Crippen LogP contribution in [0.25, 0.3) is 5.69 Å². The van der Waals surface area contributed by atoms with Gasteiger partial charge in [-0.15, -0.1) is 0 Å². The average Bonchev–Trinajstić information content (AvgIpc) is 3.03. The molecule has 6 nitrogen and oxygen atoms in total. The fourth-order valence-corrected chi connectivity index (χ4v) is 2.65. The molecular weight excluding hydrogens is 392 g/mol. The number of benzene rings is 2. The molecule has 28 heavy (non-hydrogen) atoms. The lowest BCUT2D eigenvalue weighted by atomic mass is 10.2. The minimum Gasteiger partial charge on any atom is -0.452 e. The number of aromatic nitrogens is 2. The van der Waals surface area contributed by atoms with Crippen LogP contribution in [0.5, 0.6) is 0 Å². The topological polar surface area (TPSA) is 73.2 Å². The summed E-state index contributed by atoms with van der Waals surface area (Å²) in [4.78, 5) is 24.1. The highest BCUT2D eigenvalue weighted by atomic mass is 35.5. The Morgan fingerprint density at radius 1 is 1.14 bits per heavy atom. The number of hydrogen-bond acceptors (Lipinski definition) is 4. The van der Waals surface area contributed by atoms with Crippen LogP contribution >= 0.6 is 11.6 Å². The van der Waals surface area contributed by atoms with E-state index in [4.69, 9.17) is 16.3 Å². The van der Waals surface area contributed by atoms with Crippen LogP contribution in [0.15, 0.2) is 48.5 Å². The van der Waals surface area contributed by atoms with Crippen LogP contribution in [0.1, 0.15) is 16.1 Å². The van der Waals surface area contributed by atoms with Gasteiger partial charge < -0.3 is 10.1 Å². The molecule has 9 heteroatoms. The van der Waals surface area contributed by atoms with E-state index in [9.17, 15) is 18.4 Å². The summed E-state index contributed by atoms with van der Waals surface area (Å²) in [5.74, 6) is -3.74. The maximum Gasteiger partial charge on any atom is 0.340 e. The van der Waals surface area contributed by atoms with Crippen LogP contribution in [0.4, 0.5) is 14.6 Å². The number of ether oxygens (including phenoxy) is 1. The zero-order chi connectivity index (χ0) is 20.3. The molecule has 1 heterocycles. The van der Waals surface area contributed by atoms with Crippen molar-refractivity contribution >= 4 is 29.3 Å². The van der Waals surface area contributed by atoms with Crippen LogP contribution in [0, 0.1) is 18.6 Å². The Labute approximate surface area is 163 Å². The maximum absolute atomic E-state index is 13.3. The molecule has 3 aromatic rings. The van der Waals surface area contributed by atoms with Gasteiger partial charge in [0.05, 0.1) is 22.0 Å². The van der Waals surface area contributed by atoms with E-state index in [1.54, 1.807) is 13.0 Å². The standard InChI is InChI=1S/C19H14ClF2N3O3/c1-11-7-17(25(24-11)12-5-3-2-4-6-12)23-18(26)10-28-19(27)13-8-15(21)16(22)9-14(13)20/h2-9H,10H2,1H3,(H,23,26). The predicted molar refractivity (Wildman–Crippen MR) is 98.6 cm³/mol. The van der Waals surface area contributed by atoms with Crippen LogP contribution in [-0.2, 0) is 9.53 Å². The van der Waals surface area contributed by atoms with E-state index in [0.717, 1.165) is 5.69 Å². The van der Waals surface area contributed by atoms with E-state index in [1.807, 2.05) is 30.3 Å². The molecule has 1 aromatic heterocycles. The number of hydrogen-bond donors (Lipinski definition) is 1. The third-order valence-electron chi connectivity index (χ3n) is 3.66. The molecule has 0 aliphatic carbocycles. The number of anilines is 1. The van der Waals surface area contributed by atoms with Crippen molar-refractivity contribution in [2.24, 2.45) is 0 Å². The first-order valence-electron chi connectivity index (χ1n) is 8.09. The van der Waals surface area contributed by atoms with Crippen LogP contribution in [0.3, 0.4) is 0 Å². The molecule has 0 saturated heterocycles. The van der Waals surface area contributed by atoms with Gasteiger partial charge in [-0.25, -0.2) is 18.3 Å². The third-order valence-corrected chi connectivity index (χ3v) is 3.98. The molecule has 0 bridgehead atoms. The Hall–Kier alpha value is -3.26. The van der Waals surface area contributed by atoms with Crippen molar-refractivity contribution < 1.29 is 23.1 Å². The molecule has 3 rings (SSSR count). The fourth-order valence-electron chi connectivity index (χ4n) is 2.42. The van der Waals surface area contributed by atoms with Crippen molar-refractivity contribution in [3.05, 3.63) is 76.4 Å². The minimum atomic E-state index is -1.25. The quantitative estimate of drug-likeness (QED) is 0.516. The first kappa shape index (κ1) is 19.5. The number of halogens is 3. The second-order valence-corrected chi connectivity index (χ2v) is 6.20. The fraction of sp³-hybridized carbons (Fsp3) is 0.105. The van der Waals surface area contributed by atoms with Crippen molar-refractivity contribution in [2.45, 2.75) is 6.92 Å². The van der Waals surface area contributed by atoms with Crippen molar-refractivity contribution in [3.63, 3.8) is 0 Å². The van der Waals surface area contributed by atoms with E-state index in [-0.39, 0.29) is 10.6 Å². The van der Waals surface area contributed by atoms with Crippen LogP contribution < -0.4 is 5.32 Å². The third kappa shape index (κ3) is 4.34. The number of nitrogens with one attached hydrogen (secondary N) is 1. The number of carbonyl (C=O) groups excluding carboxylic acids is 2. The van der Waals surface area contributed by atoms with Gasteiger partial charge in [0.1, 0.15) is 5.82 Å². The van der Waals surface area contributed by atoms with Gasteiger partial charge in [-0.3, -0.25) is 4.79 Å². The molecular formula is C19H14ClF2N3O3. The molecule has 0 aliphatic heterocycles. The first-order chi connectivity index (χ1) is 13.3. The van der Waals surface area contributed by atoms with Gasteiger partial charge in [0.2, 0.25) is 0 Å². The highest BCUT2D eigenvalue weighted by Crippen LogP contribution is 2.21. The van der Waals surface area contributed by atoms with Gasteiger partial charge >= 0.3 is 5.97 Å². The molecule has 0 aliphatic rings. The Bertz CT molecular complexity index is 1040. The number of rotatable bonds is 5. The van der Waals surface area contributed by atoms with Crippen LogP contribution in [-0.4, -0.2) is 28.3 Å². The summed E-state index contributed by atoms with van der Waals surface area (Å²) in [5.41, 5.74) is 1.03. The zero-order valence-electron chi connectivity index (χ0n) is 14.6. The molecule has 1 amide bonds. The Balaban J connectivity index is 1.67. The minimum absolute atomic E-state index is 0.318. The Morgan fingerprint density at radius 3 is 2.54 bits per heavy atom. The number of para-hydroxylation sites is 1. The maximum atomic E-state index is 13.3. The normalized spacial score (nSPS) is 10.6. The van der Waals surface area contributed by atoms with Crippen molar-refractivity contribution in [3.8, 4) is 5.69 Å². The predicted octanol–water partition coefficient (Wildman–Crippen LogP) is 3.91. The van der Waals surface area contributed by atoms with Gasteiger partial charge in [-0.1, -0.05) is 29.8 Å². The summed E-state index contributed by atoms with van der Waals surface area (Å²) in [6, 6.07) is 12.1. The number of aryl methyl sites for hydroxylation is 1. The smallest absolute Gasteiger partial charge is 0.340 e. The highest BCUT2D eigenvalue weighted by molar-refractivity contribution is 6.33. The molecule has 0 atom stereocenters. The number of nitrogens with zero attached hydrogens (tertiary/aromatic N) is 2. The Morgan fingerprint density at radius 2 is 1.82 bits per heavy atom. The second kappa shape index (κ2) is 8.18. The molecule has 2 aromatic carbocycles. The SMILES string of the molecule is Cc1cc(NC(=O)COC(=O)c2cc(F)c(F)cc2Cl)n(-c2ccccc2)n1. The van der Waals surface area contributed by atoms with E-state index >= 15 is 0 Å². The lowest BCUT2D eigenvalue weighted by Gasteiger charge is -2.10. The molecule has 0 radical (unpaired) electrons. The zero-order valence-corrected chi connectivity index (χ0v) is 15.3. The number of carbonyl (C=O) groups is 2. The summed E-state index contributed by atoms with van der Waals surface area (Å²) in [6.45, 7) is 1.12. The summed E-state index contributed by atoms with van der Waals surface area (Å²) < 4.78 is 32.7. The number of esters is 1. The monoisotopic (exact) mass is 405 g/mol. The average molecular weight is 406 g/mol. The van der Waals surface area contributed by atoms with E-state index in [2.05, 4.69) is 10.4 Å². The summed E-state index contributed by atoms with van der Waals surface area (Å²) in [6.07, 6.45) is 0. The van der Waals surface area contributed by atoms with E-state index in [0.29, 0.717) is 23.6 Å². The van der Waals surface area contributed by atoms with Crippen molar-refractivity contribution in [1.29, 1.82) is 0 Å². The second-order valence-electron chi connectivity index (χ2n) is 5.79. The summed E-state index contributed by atoms with van der Waals surface area (Å²) in [7, 11) is 0. The van der Waals surface area contributed by atoms with E-state index < -0.39 is 30.1 Å². The van der Waals surface area contributed by atoms with Gasteiger partial charge in [-0.05, 0) is 31.2 Å². The molecule has 1 N–H and O–H groups in total. The summed E-state index contributed by atoms with van der Waals surface area (Å²) >= 11 is 5.71. The Kier molecular flexibility index (Phi) is 5.70.